The molecule has 1 aliphatic heterocycles. The van der Waals surface area contributed by atoms with Gasteiger partial charge in [0.25, 0.3) is 0 Å². The van der Waals surface area contributed by atoms with Gasteiger partial charge in [-0.2, -0.15) is 11.8 Å². The topological polar surface area (TPSA) is 83.5 Å². The number of aromatic carboxylic acids is 1. The predicted molar refractivity (Wildman–Crippen MR) is 77.4 cm³/mol. The fourth-order valence-corrected chi connectivity index (χ4v) is 5.94. The highest BCUT2D eigenvalue weighted by molar-refractivity contribution is 9.10. The molecule has 1 saturated heterocycles. The van der Waals surface area contributed by atoms with Crippen molar-refractivity contribution >= 4 is 43.5 Å². The Morgan fingerprint density at radius 3 is 2.79 bits per heavy atom. The molecule has 19 heavy (non-hydrogen) atoms. The van der Waals surface area contributed by atoms with Crippen LogP contribution in [0.15, 0.2) is 27.6 Å². The summed E-state index contributed by atoms with van der Waals surface area (Å²) in [5, 5.41) is 11.3. The Morgan fingerprint density at radius 1 is 1.47 bits per heavy atom. The summed E-state index contributed by atoms with van der Waals surface area (Å²) in [5.74, 6) is 0.184. The predicted octanol–water partition coefficient (Wildman–Crippen LogP) is 1.58. The summed E-state index contributed by atoms with van der Waals surface area (Å²) >= 11 is 4.66. The van der Waals surface area contributed by atoms with Crippen LogP contribution in [-0.4, -0.2) is 42.9 Å². The minimum atomic E-state index is -3.59. The summed E-state index contributed by atoms with van der Waals surface area (Å²) < 4.78 is 25.1. The monoisotopic (exact) mass is 365 g/mol. The molecule has 0 saturated carbocycles. The zero-order valence-corrected chi connectivity index (χ0v) is 13.0. The highest BCUT2D eigenvalue weighted by Gasteiger charge is 2.31. The van der Waals surface area contributed by atoms with Gasteiger partial charge >= 0.3 is 5.97 Å². The van der Waals surface area contributed by atoms with E-state index < -0.39 is 21.2 Å². The summed E-state index contributed by atoms with van der Waals surface area (Å²) in [6, 6.07) is 4.23. The SMILES string of the molecule is O=C(O)c1cccc(S(=O)(=O)C2CSCCN2)c1Br. The van der Waals surface area contributed by atoms with Gasteiger partial charge in [-0.3, -0.25) is 5.32 Å². The van der Waals surface area contributed by atoms with Crippen LogP contribution in [0.5, 0.6) is 0 Å². The maximum absolute atomic E-state index is 12.5. The second-order valence-corrected chi connectivity index (χ2v) is 8.03. The van der Waals surface area contributed by atoms with Crippen LogP contribution in [0.1, 0.15) is 10.4 Å². The number of hydrogen-bond acceptors (Lipinski definition) is 5. The molecule has 0 amide bonds. The number of carboxylic acids is 1. The molecule has 2 N–H and O–H groups in total. The van der Waals surface area contributed by atoms with Gasteiger partial charge in [0.2, 0.25) is 0 Å². The van der Waals surface area contributed by atoms with Gasteiger partial charge in [-0.15, -0.1) is 0 Å². The zero-order chi connectivity index (χ0) is 14.0. The molecule has 2 rings (SSSR count). The molecule has 0 aliphatic carbocycles. The molecule has 0 radical (unpaired) electrons. The molecule has 1 aromatic carbocycles. The molecule has 0 spiro atoms. The quantitative estimate of drug-likeness (QED) is 0.845. The van der Waals surface area contributed by atoms with Gasteiger partial charge in [0.1, 0.15) is 5.37 Å². The van der Waals surface area contributed by atoms with E-state index in [4.69, 9.17) is 5.11 Å². The molecule has 1 aliphatic rings. The number of sulfone groups is 1. The molecule has 1 heterocycles. The Labute approximate surface area is 123 Å². The lowest BCUT2D eigenvalue weighted by atomic mass is 10.2. The molecule has 1 aromatic rings. The molecule has 104 valence electrons. The van der Waals surface area contributed by atoms with Crippen LogP contribution in [0.3, 0.4) is 0 Å². The minimum Gasteiger partial charge on any atom is -0.478 e. The average Bonchev–Trinajstić information content (AvgIpc) is 2.39. The van der Waals surface area contributed by atoms with Gasteiger partial charge in [-0.25, -0.2) is 13.2 Å². The third-order valence-corrected chi connectivity index (χ3v) is 7.19. The molecule has 1 atom stereocenters. The standard InChI is InChI=1S/C11H12BrNO4S2/c12-10-7(11(14)15)2-1-3-8(10)19(16,17)9-6-18-5-4-13-9/h1-3,9,13H,4-6H2,(H,14,15). The highest BCUT2D eigenvalue weighted by atomic mass is 79.9. The van der Waals surface area contributed by atoms with Crippen LogP contribution < -0.4 is 5.32 Å². The van der Waals surface area contributed by atoms with E-state index in [1.165, 1.54) is 18.2 Å². The molecule has 0 aromatic heterocycles. The third kappa shape index (κ3) is 2.96. The van der Waals surface area contributed by atoms with Crippen LogP contribution in [0.4, 0.5) is 0 Å². The van der Waals surface area contributed by atoms with Crippen molar-refractivity contribution in [3.05, 3.63) is 28.2 Å². The van der Waals surface area contributed by atoms with Gasteiger partial charge < -0.3 is 5.11 Å². The van der Waals surface area contributed by atoms with Gasteiger partial charge in [0, 0.05) is 18.1 Å². The summed E-state index contributed by atoms with van der Waals surface area (Å²) in [6.45, 7) is 0.630. The number of thioether (sulfide) groups is 1. The largest absolute Gasteiger partial charge is 0.478 e. The van der Waals surface area contributed by atoms with E-state index in [2.05, 4.69) is 21.2 Å². The van der Waals surface area contributed by atoms with Gasteiger partial charge in [-0.05, 0) is 28.1 Å². The third-order valence-electron chi connectivity index (χ3n) is 2.76. The number of carbonyl (C=O) groups is 1. The van der Waals surface area contributed by atoms with Crippen molar-refractivity contribution in [1.82, 2.24) is 5.32 Å². The van der Waals surface area contributed by atoms with Crippen LogP contribution in [0, 0.1) is 0 Å². The van der Waals surface area contributed by atoms with Crippen LogP contribution in [0.25, 0.3) is 0 Å². The number of benzene rings is 1. The van der Waals surface area contributed by atoms with E-state index in [1.54, 1.807) is 11.8 Å². The lowest BCUT2D eigenvalue weighted by molar-refractivity contribution is 0.0695. The molecular formula is C11H12BrNO4S2. The van der Waals surface area contributed by atoms with Crippen LogP contribution in [-0.2, 0) is 9.84 Å². The van der Waals surface area contributed by atoms with E-state index in [0.29, 0.717) is 12.3 Å². The molecule has 5 nitrogen and oxygen atoms in total. The Hall–Kier alpha value is -0.570. The Morgan fingerprint density at radius 2 is 2.21 bits per heavy atom. The van der Waals surface area contributed by atoms with Crippen LogP contribution >= 0.6 is 27.7 Å². The van der Waals surface area contributed by atoms with Crippen molar-refractivity contribution in [3.8, 4) is 0 Å². The van der Waals surface area contributed by atoms with Crippen molar-refractivity contribution in [2.75, 3.05) is 18.1 Å². The number of nitrogens with one attached hydrogen (secondary N) is 1. The molecule has 1 unspecified atom stereocenters. The number of carboxylic acid groups (broad SMARTS) is 1. The fourth-order valence-electron chi connectivity index (χ4n) is 1.79. The summed E-state index contributed by atoms with van der Waals surface area (Å²) in [5.41, 5.74) is -0.0514. The molecule has 0 bridgehead atoms. The molecule has 8 heteroatoms. The Bertz CT molecular complexity index is 597. The average molecular weight is 366 g/mol. The lowest BCUT2D eigenvalue weighted by Gasteiger charge is -2.23. The first-order valence-corrected chi connectivity index (χ1v) is 9.01. The first-order valence-electron chi connectivity index (χ1n) is 5.51. The molecule has 1 fully saturated rings. The molecular weight excluding hydrogens is 354 g/mol. The van der Waals surface area contributed by atoms with E-state index in [0.717, 1.165) is 5.75 Å². The van der Waals surface area contributed by atoms with Crippen molar-refractivity contribution < 1.29 is 18.3 Å². The van der Waals surface area contributed by atoms with E-state index >= 15 is 0 Å². The Balaban J connectivity index is 2.46. The summed E-state index contributed by atoms with van der Waals surface area (Å²) in [7, 11) is -3.59. The van der Waals surface area contributed by atoms with E-state index in [-0.39, 0.29) is 14.9 Å². The zero-order valence-electron chi connectivity index (χ0n) is 9.80. The van der Waals surface area contributed by atoms with E-state index in [9.17, 15) is 13.2 Å². The smallest absolute Gasteiger partial charge is 0.336 e. The maximum atomic E-state index is 12.5. The minimum absolute atomic E-state index is 0.0207. The van der Waals surface area contributed by atoms with E-state index in [1.807, 2.05) is 0 Å². The normalized spacial score (nSPS) is 20.2. The van der Waals surface area contributed by atoms with Crippen molar-refractivity contribution in [2.24, 2.45) is 0 Å². The van der Waals surface area contributed by atoms with Crippen molar-refractivity contribution in [3.63, 3.8) is 0 Å². The van der Waals surface area contributed by atoms with Gasteiger partial charge in [0.05, 0.1) is 14.9 Å². The van der Waals surface area contributed by atoms with Crippen LogP contribution in [0.2, 0.25) is 0 Å². The Kier molecular flexibility index (Phi) is 4.54. The first kappa shape index (κ1) is 14.8. The summed E-state index contributed by atoms with van der Waals surface area (Å²) in [4.78, 5) is 11.1. The van der Waals surface area contributed by atoms with Gasteiger partial charge in [0.15, 0.2) is 9.84 Å². The lowest BCUT2D eigenvalue weighted by Crippen LogP contribution is -2.43. The second kappa shape index (κ2) is 5.82. The number of hydrogen-bond donors (Lipinski definition) is 2. The first-order chi connectivity index (χ1) is 8.94. The van der Waals surface area contributed by atoms with Crippen molar-refractivity contribution in [1.29, 1.82) is 0 Å². The number of rotatable bonds is 3. The van der Waals surface area contributed by atoms with Gasteiger partial charge in [-0.1, -0.05) is 6.07 Å². The maximum Gasteiger partial charge on any atom is 0.336 e. The fraction of sp³-hybridized carbons (Fsp3) is 0.364. The summed E-state index contributed by atoms with van der Waals surface area (Å²) in [6.07, 6.45) is 0. The second-order valence-electron chi connectivity index (χ2n) is 3.99. The van der Waals surface area contributed by atoms with Crippen molar-refractivity contribution in [2.45, 2.75) is 10.3 Å². The highest BCUT2D eigenvalue weighted by Crippen LogP contribution is 2.29. The number of halogens is 1.